The number of hydrogen-bond acceptors (Lipinski definition) is 2. The normalized spacial score (nSPS) is 28.6. The lowest BCUT2D eigenvalue weighted by Crippen LogP contribution is -2.39. The maximum atomic E-state index is 15.0. The van der Waals surface area contributed by atoms with Gasteiger partial charge < -0.3 is 4.98 Å². The molecule has 2 rings (SSSR count). The first-order valence-electron chi connectivity index (χ1n) is 5.54. The molecule has 0 aromatic carbocycles. The number of alkyl halides is 1. The van der Waals surface area contributed by atoms with Gasteiger partial charge in [0.1, 0.15) is 5.67 Å². The van der Waals surface area contributed by atoms with Crippen LogP contribution in [0.3, 0.4) is 0 Å². The van der Waals surface area contributed by atoms with Crippen LogP contribution in [0.1, 0.15) is 24.5 Å². The topological polar surface area (TPSA) is 32.9 Å². The minimum atomic E-state index is -1.55. The van der Waals surface area contributed by atoms with Crippen molar-refractivity contribution in [2.75, 3.05) is 11.5 Å². The Kier molecular flexibility index (Phi) is 3.30. The van der Waals surface area contributed by atoms with Crippen LogP contribution in [0.25, 0.3) is 0 Å². The van der Waals surface area contributed by atoms with E-state index in [-0.39, 0.29) is 17.0 Å². The summed E-state index contributed by atoms with van der Waals surface area (Å²) in [6.07, 6.45) is 7.09. The average molecular weight is 251 g/mol. The Morgan fingerprint density at radius 3 is 3.12 bits per heavy atom. The summed E-state index contributed by atoms with van der Waals surface area (Å²) in [4.78, 5) is 14.3. The first kappa shape index (κ1) is 12.3. The second-order valence-corrected chi connectivity index (χ2v) is 5.51. The fraction of sp³-hybridized carbons (Fsp3) is 0.462. The van der Waals surface area contributed by atoms with Gasteiger partial charge in [0.05, 0.1) is 5.56 Å². The molecule has 90 valence electrons. The third kappa shape index (κ3) is 2.12. The largest absolute Gasteiger partial charge is 0.328 e. The molecule has 17 heavy (non-hydrogen) atoms. The highest BCUT2D eigenvalue weighted by molar-refractivity contribution is 7.99. The summed E-state index contributed by atoms with van der Waals surface area (Å²) < 4.78 is 15.0. The predicted octanol–water partition coefficient (Wildman–Crippen LogP) is 2.29. The summed E-state index contributed by atoms with van der Waals surface area (Å²) in [6, 6.07) is 1.51. The van der Waals surface area contributed by atoms with E-state index in [1.165, 1.54) is 12.3 Å². The molecule has 1 aromatic rings. The van der Waals surface area contributed by atoms with Crippen molar-refractivity contribution in [2.45, 2.75) is 19.0 Å². The summed E-state index contributed by atoms with van der Waals surface area (Å²) in [5.74, 6) is 3.72. The number of aromatic nitrogens is 1. The zero-order valence-electron chi connectivity index (χ0n) is 9.63. The van der Waals surface area contributed by atoms with Gasteiger partial charge in [-0.25, -0.2) is 4.39 Å². The van der Waals surface area contributed by atoms with Gasteiger partial charge in [-0.05, 0) is 24.0 Å². The molecule has 2 heterocycles. The summed E-state index contributed by atoms with van der Waals surface area (Å²) >= 11 is 1.72. The van der Waals surface area contributed by atoms with Crippen molar-refractivity contribution in [1.29, 1.82) is 0 Å². The third-order valence-corrected chi connectivity index (χ3v) is 4.51. The molecule has 1 saturated heterocycles. The SMILES string of the molecule is C#Cc1c[nH]c(=O)c(C2(F)CCSCC2C)c1. The second-order valence-electron chi connectivity index (χ2n) is 4.36. The van der Waals surface area contributed by atoms with Gasteiger partial charge in [-0.15, -0.1) is 6.42 Å². The molecule has 4 heteroatoms. The van der Waals surface area contributed by atoms with Crippen molar-refractivity contribution in [1.82, 2.24) is 4.98 Å². The van der Waals surface area contributed by atoms with E-state index in [1.54, 1.807) is 11.8 Å². The zero-order chi connectivity index (χ0) is 12.5. The van der Waals surface area contributed by atoms with Gasteiger partial charge in [0, 0.05) is 17.7 Å². The Labute approximate surface area is 104 Å². The van der Waals surface area contributed by atoms with Gasteiger partial charge in [0.25, 0.3) is 5.56 Å². The molecule has 0 saturated carbocycles. The van der Waals surface area contributed by atoms with Crippen LogP contribution in [0.4, 0.5) is 4.39 Å². The number of nitrogens with one attached hydrogen (secondary N) is 1. The Bertz CT molecular complexity index is 519. The van der Waals surface area contributed by atoms with E-state index in [1.807, 2.05) is 6.92 Å². The van der Waals surface area contributed by atoms with Crippen LogP contribution in [0, 0.1) is 18.3 Å². The molecule has 2 atom stereocenters. The fourth-order valence-corrected chi connectivity index (χ4v) is 3.36. The minimum absolute atomic E-state index is 0.171. The monoisotopic (exact) mass is 251 g/mol. The van der Waals surface area contributed by atoms with Crippen molar-refractivity contribution >= 4 is 11.8 Å². The molecule has 0 radical (unpaired) electrons. The van der Waals surface area contributed by atoms with Crippen LogP contribution in [0.15, 0.2) is 17.1 Å². The van der Waals surface area contributed by atoms with Crippen molar-refractivity contribution in [2.24, 2.45) is 5.92 Å². The molecule has 1 aliphatic rings. The van der Waals surface area contributed by atoms with E-state index in [4.69, 9.17) is 6.42 Å². The molecule has 0 amide bonds. The van der Waals surface area contributed by atoms with Crippen LogP contribution in [0.5, 0.6) is 0 Å². The maximum absolute atomic E-state index is 15.0. The molecule has 1 N–H and O–H groups in total. The average Bonchev–Trinajstić information content (AvgIpc) is 2.33. The van der Waals surface area contributed by atoms with Gasteiger partial charge in [-0.3, -0.25) is 4.79 Å². The van der Waals surface area contributed by atoms with Crippen molar-refractivity contribution in [3.05, 3.63) is 33.7 Å². The third-order valence-electron chi connectivity index (χ3n) is 3.28. The van der Waals surface area contributed by atoms with Crippen LogP contribution >= 0.6 is 11.8 Å². The predicted molar refractivity (Wildman–Crippen MR) is 68.9 cm³/mol. The Morgan fingerprint density at radius 1 is 1.71 bits per heavy atom. The van der Waals surface area contributed by atoms with E-state index < -0.39 is 5.67 Å². The molecular weight excluding hydrogens is 237 g/mol. The van der Waals surface area contributed by atoms with Gasteiger partial charge in [0.15, 0.2) is 0 Å². The first-order chi connectivity index (χ1) is 8.08. The Hall–Kier alpha value is -1.21. The molecule has 1 aromatic heterocycles. The smallest absolute Gasteiger partial charge is 0.254 e. The van der Waals surface area contributed by atoms with E-state index >= 15 is 0 Å². The molecule has 1 fully saturated rings. The number of thioether (sulfide) groups is 1. The number of terminal acetylenes is 1. The lowest BCUT2D eigenvalue weighted by atomic mass is 9.82. The Balaban J connectivity index is 2.52. The van der Waals surface area contributed by atoms with Gasteiger partial charge >= 0.3 is 0 Å². The quantitative estimate of drug-likeness (QED) is 0.777. The highest BCUT2D eigenvalue weighted by Crippen LogP contribution is 2.42. The molecule has 0 aliphatic carbocycles. The second kappa shape index (κ2) is 4.58. The highest BCUT2D eigenvalue weighted by atomic mass is 32.2. The zero-order valence-corrected chi connectivity index (χ0v) is 10.4. The summed E-state index contributed by atoms with van der Waals surface area (Å²) in [7, 11) is 0. The number of rotatable bonds is 1. The number of aromatic amines is 1. The molecule has 0 bridgehead atoms. The van der Waals surface area contributed by atoms with Crippen LogP contribution in [-0.2, 0) is 5.67 Å². The number of halogens is 1. The highest BCUT2D eigenvalue weighted by Gasteiger charge is 2.42. The van der Waals surface area contributed by atoms with Crippen molar-refractivity contribution in [3.63, 3.8) is 0 Å². The molecular formula is C13H14FNOS. The van der Waals surface area contributed by atoms with E-state index in [0.29, 0.717) is 12.0 Å². The molecule has 1 aliphatic heterocycles. The van der Waals surface area contributed by atoms with Crippen molar-refractivity contribution < 1.29 is 4.39 Å². The van der Waals surface area contributed by atoms with Gasteiger partial charge in [0.2, 0.25) is 0 Å². The van der Waals surface area contributed by atoms with Gasteiger partial charge in [-0.2, -0.15) is 11.8 Å². The fourth-order valence-electron chi connectivity index (χ4n) is 2.14. The molecule has 2 nitrogen and oxygen atoms in total. The first-order valence-corrected chi connectivity index (χ1v) is 6.70. The number of pyridine rings is 1. The van der Waals surface area contributed by atoms with Gasteiger partial charge in [-0.1, -0.05) is 12.8 Å². The number of H-pyrrole nitrogens is 1. The number of hydrogen-bond donors (Lipinski definition) is 1. The van der Waals surface area contributed by atoms with Crippen molar-refractivity contribution in [3.8, 4) is 12.3 Å². The van der Waals surface area contributed by atoms with E-state index in [2.05, 4.69) is 10.9 Å². The molecule has 0 spiro atoms. The van der Waals surface area contributed by atoms with Crippen LogP contribution in [0.2, 0.25) is 0 Å². The lowest BCUT2D eigenvalue weighted by molar-refractivity contribution is 0.0913. The Morgan fingerprint density at radius 2 is 2.47 bits per heavy atom. The standard InChI is InChI=1S/C13H14FNOS/c1-3-10-6-11(12(16)15-7-10)13(14)4-5-17-8-9(13)2/h1,6-7,9H,4-5,8H2,2H3,(H,15,16). The lowest BCUT2D eigenvalue weighted by Gasteiger charge is -2.35. The van der Waals surface area contributed by atoms with E-state index in [0.717, 1.165) is 11.5 Å². The van der Waals surface area contributed by atoms with E-state index in [9.17, 15) is 9.18 Å². The molecule has 2 unspecified atom stereocenters. The summed E-state index contributed by atoms with van der Waals surface area (Å²) in [5.41, 5.74) is -1.22. The van der Waals surface area contributed by atoms with Crippen LogP contribution < -0.4 is 5.56 Å². The summed E-state index contributed by atoms with van der Waals surface area (Å²) in [6.45, 7) is 1.84. The maximum Gasteiger partial charge on any atom is 0.254 e. The minimum Gasteiger partial charge on any atom is -0.328 e. The summed E-state index contributed by atoms with van der Waals surface area (Å²) in [5, 5.41) is 0. The van der Waals surface area contributed by atoms with Crippen LogP contribution in [-0.4, -0.2) is 16.5 Å².